The van der Waals surface area contributed by atoms with E-state index in [0.29, 0.717) is 5.92 Å². The topological polar surface area (TPSA) is 30.5 Å². The first-order chi connectivity index (χ1) is 10.4. The van der Waals surface area contributed by atoms with Crippen molar-refractivity contribution in [2.45, 2.75) is 44.8 Å². The molecule has 3 heteroatoms. The lowest BCUT2D eigenvalue weighted by Crippen LogP contribution is -2.20. The predicted octanol–water partition coefficient (Wildman–Crippen LogP) is 2.92. The molecule has 0 amide bonds. The summed E-state index contributed by atoms with van der Waals surface area (Å²) in [4.78, 5) is 0. The normalized spacial score (nSPS) is 19.8. The minimum atomic E-state index is 0.687. The summed E-state index contributed by atoms with van der Waals surface area (Å²) in [6.45, 7) is 4.51. The predicted molar refractivity (Wildman–Crippen MR) is 84.4 cm³/mol. The van der Waals surface area contributed by atoms with Crippen LogP contribution < -0.4 is 5.32 Å². The van der Waals surface area contributed by atoms with Crippen LogP contribution in [0.5, 0.6) is 0 Å². The van der Waals surface area contributed by atoms with Crippen LogP contribution in [0.4, 0.5) is 0 Å². The van der Waals surface area contributed by atoms with Gasteiger partial charge in [-0.2, -0.15) is 0 Å². The fraction of sp³-hybridized carbons (Fsp3) is 0.667. The van der Waals surface area contributed by atoms with Crippen LogP contribution in [0, 0.1) is 5.92 Å². The lowest BCUT2D eigenvalue weighted by Gasteiger charge is -2.21. The van der Waals surface area contributed by atoms with Crippen molar-refractivity contribution in [1.29, 1.82) is 0 Å². The number of hydrogen-bond donors (Lipinski definition) is 1. The van der Waals surface area contributed by atoms with Gasteiger partial charge < -0.3 is 14.8 Å². The third-order valence-corrected chi connectivity index (χ3v) is 4.41. The molecule has 1 aliphatic heterocycles. The Morgan fingerprint density at radius 3 is 2.43 bits per heavy atom. The third-order valence-electron chi connectivity index (χ3n) is 4.41. The summed E-state index contributed by atoms with van der Waals surface area (Å²) in [6.07, 6.45) is 6.15. The van der Waals surface area contributed by atoms with E-state index in [1.165, 1.54) is 24.0 Å². The largest absolute Gasteiger partial charge is 0.381 e. The average Bonchev–Trinajstić information content (AvgIpc) is 3.34. The second-order valence-corrected chi connectivity index (χ2v) is 6.37. The first-order valence-electron chi connectivity index (χ1n) is 8.37. The zero-order valence-corrected chi connectivity index (χ0v) is 12.9. The van der Waals surface area contributed by atoms with Crippen LogP contribution in [0.1, 0.15) is 36.8 Å². The lowest BCUT2D eigenvalue weighted by atomic mass is 10.0. The van der Waals surface area contributed by atoms with Crippen molar-refractivity contribution in [3.63, 3.8) is 0 Å². The summed E-state index contributed by atoms with van der Waals surface area (Å²) in [6, 6.07) is 9.69. The summed E-state index contributed by atoms with van der Waals surface area (Å²) in [5, 5.41) is 3.56. The molecule has 0 unspecified atom stereocenters. The monoisotopic (exact) mass is 289 g/mol. The van der Waals surface area contributed by atoms with Crippen molar-refractivity contribution >= 4 is 0 Å². The fourth-order valence-electron chi connectivity index (χ4n) is 2.77. The Hall–Kier alpha value is -0.900. The quantitative estimate of drug-likeness (QED) is 0.798. The van der Waals surface area contributed by atoms with Gasteiger partial charge in [-0.1, -0.05) is 24.3 Å². The Bertz CT molecular complexity index is 408. The molecule has 1 N–H and O–H groups in total. The molecule has 1 aromatic rings. The highest BCUT2D eigenvalue weighted by Gasteiger charge is 2.19. The van der Waals surface area contributed by atoms with Gasteiger partial charge in [-0.25, -0.2) is 0 Å². The highest BCUT2D eigenvalue weighted by molar-refractivity contribution is 5.22. The summed E-state index contributed by atoms with van der Waals surface area (Å²) >= 11 is 0. The molecular formula is C18H27NO2. The van der Waals surface area contributed by atoms with E-state index in [4.69, 9.17) is 9.47 Å². The van der Waals surface area contributed by atoms with E-state index in [0.717, 1.165) is 58.3 Å². The zero-order chi connectivity index (χ0) is 14.3. The van der Waals surface area contributed by atoms with E-state index in [9.17, 15) is 0 Å². The van der Waals surface area contributed by atoms with E-state index >= 15 is 0 Å². The molecule has 1 aromatic carbocycles. The summed E-state index contributed by atoms with van der Waals surface area (Å²) < 4.78 is 11.2. The second kappa shape index (κ2) is 7.92. The molecule has 1 aliphatic carbocycles. The Morgan fingerprint density at radius 1 is 1.00 bits per heavy atom. The smallest absolute Gasteiger partial charge is 0.0717 e. The molecule has 0 spiro atoms. The SMILES string of the molecule is c1cc(COCC2CCOCC2)ccc1CCNC1CC1. The molecule has 0 radical (unpaired) electrons. The molecule has 21 heavy (non-hydrogen) atoms. The maximum Gasteiger partial charge on any atom is 0.0717 e. The van der Waals surface area contributed by atoms with Crippen LogP contribution >= 0.6 is 0 Å². The first-order valence-corrected chi connectivity index (χ1v) is 8.37. The Balaban J connectivity index is 1.33. The molecule has 1 saturated carbocycles. The van der Waals surface area contributed by atoms with Crippen LogP contribution in [0.25, 0.3) is 0 Å². The van der Waals surface area contributed by atoms with Crippen LogP contribution in [0.15, 0.2) is 24.3 Å². The highest BCUT2D eigenvalue weighted by Crippen LogP contribution is 2.18. The molecule has 0 aromatic heterocycles. The highest BCUT2D eigenvalue weighted by atomic mass is 16.5. The maximum absolute atomic E-state index is 5.85. The van der Waals surface area contributed by atoms with Crippen LogP contribution in [-0.4, -0.2) is 32.4 Å². The summed E-state index contributed by atoms with van der Waals surface area (Å²) in [5.41, 5.74) is 2.69. The number of ether oxygens (including phenoxy) is 2. The second-order valence-electron chi connectivity index (χ2n) is 6.37. The molecule has 3 nitrogen and oxygen atoms in total. The molecule has 3 rings (SSSR count). The summed E-state index contributed by atoms with van der Waals surface area (Å²) in [7, 11) is 0. The van der Waals surface area contributed by atoms with Gasteiger partial charge in [-0.3, -0.25) is 0 Å². The van der Waals surface area contributed by atoms with Gasteiger partial charge in [0.15, 0.2) is 0 Å². The van der Waals surface area contributed by atoms with Gasteiger partial charge in [0.2, 0.25) is 0 Å². The molecule has 116 valence electrons. The third kappa shape index (κ3) is 5.42. The van der Waals surface area contributed by atoms with Gasteiger partial charge in [-0.05, 0) is 55.7 Å². The zero-order valence-electron chi connectivity index (χ0n) is 12.9. The van der Waals surface area contributed by atoms with E-state index in [1.54, 1.807) is 0 Å². The van der Waals surface area contributed by atoms with E-state index in [1.807, 2.05) is 0 Å². The minimum absolute atomic E-state index is 0.687. The Labute approximate surface area is 128 Å². The molecule has 0 bridgehead atoms. The molecule has 1 heterocycles. The van der Waals surface area contributed by atoms with E-state index in [-0.39, 0.29) is 0 Å². The summed E-state index contributed by atoms with van der Waals surface area (Å²) in [5.74, 6) is 0.687. The van der Waals surface area contributed by atoms with Crippen LogP contribution in [0.2, 0.25) is 0 Å². The Kier molecular flexibility index (Phi) is 5.67. The average molecular weight is 289 g/mol. The lowest BCUT2D eigenvalue weighted by molar-refractivity contribution is 0.0157. The van der Waals surface area contributed by atoms with Crippen molar-refractivity contribution in [1.82, 2.24) is 5.32 Å². The molecular weight excluding hydrogens is 262 g/mol. The molecule has 1 saturated heterocycles. The van der Waals surface area contributed by atoms with Gasteiger partial charge in [0.05, 0.1) is 13.2 Å². The van der Waals surface area contributed by atoms with Gasteiger partial charge in [0.25, 0.3) is 0 Å². The first kappa shape index (κ1) is 15.0. The minimum Gasteiger partial charge on any atom is -0.381 e. The number of nitrogens with one attached hydrogen (secondary N) is 1. The molecule has 2 fully saturated rings. The standard InChI is InChI=1S/C18H27NO2/c1-3-16(13-21-14-17-8-11-20-12-9-17)4-2-15(1)7-10-19-18-5-6-18/h1-4,17-19H,5-14H2. The van der Waals surface area contributed by atoms with Gasteiger partial charge in [0, 0.05) is 19.3 Å². The maximum atomic E-state index is 5.85. The van der Waals surface area contributed by atoms with Crippen molar-refractivity contribution < 1.29 is 9.47 Å². The van der Waals surface area contributed by atoms with Crippen LogP contribution in [-0.2, 0) is 22.5 Å². The number of benzene rings is 1. The van der Waals surface area contributed by atoms with Crippen molar-refractivity contribution in [2.75, 3.05) is 26.4 Å². The fourth-order valence-corrected chi connectivity index (χ4v) is 2.77. The number of hydrogen-bond acceptors (Lipinski definition) is 3. The van der Waals surface area contributed by atoms with Gasteiger partial charge >= 0.3 is 0 Å². The van der Waals surface area contributed by atoms with Gasteiger partial charge in [-0.15, -0.1) is 0 Å². The van der Waals surface area contributed by atoms with E-state index < -0.39 is 0 Å². The van der Waals surface area contributed by atoms with Crippen molar-refractivity contribution in [2.24, 2.45) is 5.92 Å². The van der Waals surface area contributed by atoms with Crippen molar-refractivity contribution in [3.05, 3.63) is 35.4 Å². The number of rotatable bonds is 8. The van der Waals surface area contributed by atoms with Gasteiger partial charge in [0.1, 0.15) is 0 Å². The van der Waals surface area contributed by atoms with E-state index in [2.05, 4.69) is 29.6 Å². The van der Waals surface area contributed by atoms with Crippen molar-refractivity contribution in [3.8, 4) is 0 Å². The Morgan fingerprint density at radius 2 is 1.71 bits per heavy atom. The van der Waals surface area contributed by atoms with Crippen LogP contribution in [0.3, 0.4) is 0 Å². The molecule has 0 atom stereocenters. The molecule has 2 aliphatic rings.